The third kappa shape index (κ3) is 11.4. The lowest BCUT2D eigenvalue weighted by molar-refractivity contribution is -0.177. The van der Waals surface area contributed by atoms with E-state index in [9.17, 15) is 27.6 Å². The Hall–Kier alpha value is -2.21. The molecule has 0 aromatic rings. The monoisotopic (exact) mass is 438 g/mol. The zero-order valence-corrected chi connectivity index (χ0v) is 18.5. The highest BCUT2D eigenvalue weighted by Gasteiger charge is 2.41. The SMILES string of the molecule is CC(=O)NCCCS(=O)(=O)OCC(C)(C)[C@@H](OC(C)=O)C(=O)OCC(=O)N(C)C. The highest BCUT2D eigenvalue weighted by molar-refractivity contribution is 7.86. The third-order valence-electron chi connectivity index (χ3n) is 3.60. The van der Waals surface area contributed by atoms with Crippen LogP contribution in [0.5, 0.6) is 0 Å². The van der Waals surface area contributed by atoms with E-state index >= 15 is 0 Å². The van der Waals surface area contributed by atoms with E-state index in [1.807, 2.05) is 0 Å². The van der Waals surface area contributed by atoms with Gasteiger partial charge in [-0.15, -0.1) is 0 Å². The molecule has 1 N–H and O–H groups in total. The summed E-state index contributed by atoms with van der Waals surface area (Å²) in [4.78, 5) is 47.3. The molecule has 0 aromatic heterocycles. The third-order valence-corrected chi connectivity index (χ3v) is 4.87. The number of amides is 2. The van der Waals surface area contributed by atoms with E-state index in [-0.39, 0.29) is 24.6 Å². The van der Waals surface area contributed by atoms with Gasteiger partial charge in [-0.3, -0.25) is 18.6 Å². The smallest absolute Gasteiger partial charge is 0.348 e. The Morgan fingerprint density at radius 3 is 2.17 bits per heavy atom. The molecule has 12 heteroatoms. The van der Waals surface area contributed by atoms with Crippen molar-refractivity contribution in [2.24, 2.45) is 5.41 Å². The van der Waals surface area contributed by atoms with E-state index in [1.54, 1.807) is 0 Å². The van der Waals surface area contributed by atoms with Gasteiger partial charge in [0.05, 0.1) is 12.4 Å². The Labute approximate surface area is 171 Å². The average Bonchev–Trinajstić information content (AvgIpc) is 2.59. The molecule has 0 spiro atoms. The Kier molecular flexibility index (Phi) is 10.8. The van der Waals surface area contributed by atoms with Crippen molar-refractivity contribution in [1.29, 1.82) is 0 Å². The molecule has 0 aromatic carbocycles. The summed E-state index contributed by atoms with van der Waals surface area (Å²) in [5, 5.41) is 2.47. The van der Waals surface area contributed by atoms with Crippen LogP contribution in [0, 0.1) is 5.41 Å². The summed E-state index contributed by atoms with van der Waals surface area (Å²) in [5.74, 6) is -2.87. The largest absolute Gasteiger partial charge is 0.453 e. The van der Waals surface area contributed by atoms with Crippen LogP contribution >= 0.6 is 0 Å². The van der Waals surface area contributed by atoms with Gasteiger partial charge in [0.1, 0.15) is 0 Å². The fourth-order valence-corrected chi connectivity index (χ4v) is 3.02. The molecular weight excluding hydrogens is 408 g/mol. The minimum absolute atomic E-state index is 0.143. The fraction of sp³-hybridized carbons (Fsp3) is 0.765. The van der Waals surface area contributed by atoms with E-state index in [4.69, 9.17) is 13.7 Å². The standard InChI is InChI=1S/C17H30N2O9S/c1-12(20)18-8-7-9-29(24,25)27-11-17(3,4)15(28-13(2)21)16(23)26-10-14(22)19(5)6/h15H,7-11H2,1-6H3,(H,18,20)/t15-/m0/s1. The lowest BCUT2D eigenvalue weighted by atomic mass is 9.87. The van der Waals surface area contributed by atoms with Crippen molar-refractivity contribution in [3.8, 4) is 0 Å². The van der Waals surface area contributed by atoms with Crippen molar-refractivity contribution >= 4 is 33.9 Å². The molecule has 0 radical (unpaired) electrons. The van der Waals surface area contributed by atoms with E-state index in [1.165, 1.54) is 39.8 Å². The summed E-state index contributed by atoms with van der Waals surface area (Å²) in [6.45, 7) is 4.47. The van der Waals surface area contributed by atoms with Crippen LogP contribution in [0.2, 0.25) is 0 Å². The molecule has 0 aliphatic rings. The van der Waals surface area contributed by atoms with Gasteiger partial charge in [-0.2, -0.15) is 8.42 Å². The molecule has 0 saturated heterocycles. The molecule has 0 aliphatic heterocycles. The van der Waals surface area contributed by atoms with Crippen LogP contribution in [-0.4, -0.2) is 82.8 Å². The van der Waals surface area contributed by atoms with Crippen LogP contribution < -0.4 is 5.32 Å². The second-order valence-electron chi connectivity index (χ2n) is 7.23. The Bertz CT molecular complexity index is 702. The molecule has 0 bridgehead atoms. The van der Waals surface area contributed by atoms with Gasteiger partial charge in [0, 0.05) is 39.9 Å². The average molecular weight is 438 g/mol. The van der Waals surface area contributed by atoms with Crippen LogP contribution in [0.25, 0.3) is 0 Å². The van der Waals surface area contributed by atoms with E-state index in [2.05, 4.69) is 5.32 Å². The van der Waals surface area contributed by atoms with Crippen LogP contribution in [-0.2, 0) is 43.0 Å². The highest BCUT2D eigenvalue weighted by atomic mass is 32.2. The molecular formula is C17H30N2O9S. The van der Waals surface area contributed by atoms with Gasteiger partial charge < -0.3 is 19.7 Å². The summed E-state index contributed by atoms with van der Waals surface area (Å²) in [5.41, 5.74) is -1.27. The molecule has 0 rings (SSSR count). The minimum atomic E-state index is -3.94. The summed E-state index contributed by atoms with van der Waals surface area (Å²) in [6, 6.07) is 0. The predicted molar refractivity (Wildman–Crippen MR) is 102 cm³/mol. The fourth-order valence-electron chi connectivity index (χ4n) is 1.92. The zero-order valence-electron chi connectivity index (χ0n) is 17.6. The topological polar surface area (TPSA) is 145 Å². The number of esters is 2. The van der Waals surface area contributed by atoms with Gasteiger partial charge in [0.15, 0.2) is 6.61 Å². The highest BCUT2D eigenvalue weighted by Crippen LogP contribution is 2.26. The van der Waals surface area contributed by atoms with Crippen molar-refractivity contribution in [2.45, 2.75) is 40.2 Å². The molecule has 0 saturated carbocycles. The number of nitrogens with one attached hydrogen (secondary N) is 1. The number of rotatable bonds is 12. The zero-order chi connectivity index (χ0) is 22.8. The first kappa shape index (κ1) is 26.8. The van der Waals surface area contributed by atoms with Crippen molar-refractivity contribution in [1.82, 2.24) is 10.2 Å². The number of likely N-dealkylation sites (N-methyl/N-ethyl adjacent to an activating group) is 1. The van der Waals surface area contributed by atoms with Crippen molar-refractivity contribution in [3.63, 3.8) is 0 Å². The van der Waals surface area contributed by atoms with E-state index < -0.39 is 52.7 Å². The first-order chi connectivity index (χ1) is 13.2. The molecule has 0 heterocycles. The number of nitrogens with zero attached hydrogens (tertiary/aromatic N) is 1. The Morgan fingerprint density at radius 1 is 1.10 bits per heavy atom. The summed E-state index contributed by atoms with van der Waals surface area (Å²) < 4.78 is 38.9. The number of carbonyl (C=O) groups excluding carboxylic acids is 4. The quantitative estimate of drug-likeness (QED) is 0.241. The normalized spacial score (nSPS) is 12.6. The Morgan fingerprint density at radius 2 is 1.69 bits per heavy atom. The molecule has 29 heavy (non-hydrogen) atoms. The lowest BCUT2D eigenvalue weighted by Crippen LogP contribution is -2.45. The summed E-state index contributed by atoms with van der Waals surface area (Å²) >= 11 is 0. The molecule has 11 nitrogen and oxygen atoms in total. The molecule has 2 amide bonds. The van der Waals surface area contributed by atoms with Gasteiger partial charge in [0.2, 0.25) is 12.0 Å². The minimum Gasteiger partial charge on any atom is -0.453 e. The van der Waals surface area contributed by atoms with Gasteiger partial charge in [0.25, 0.3) is 16.0 Å². The number of ether oxygens (including phenoxy) is 2. The molecule has 168 valence electrons. The van der Waals surface area contributed by atoms with Gasteiger partial charge in [-0.25, -0.2) is 4.79 Å². The van der Waals surface area contributed by atoms with Crippen LogP contribution in [0.4, 0.5) is 0 Å². The number of hydrogen-bond donors (Lipinski definition) is 1. The van der Waals surface area contributed by atoms with Gasteiger partial charge >= 0.3 is 11.9 Å². The molecule has 0 unspecified atom stereocenters. The van der Waals surface area contributed by atoms with Crippen molar-refractivity contribution in [2.75, 3.05) is 39.6 Å². The Balaban J connectivity index is 4.99. The molecule has 0 aliphatic carbocycles. The van der Waals surface area contributed by atoms with Crippen LogP contribution in [0.3, 0.4) is 0 Å². The summed E-state index contributed by atoms with van der Waals surface area (Å²) in [6.07, 6.45) is -1.34. The van der Waals surface area contributed by atoms with Crippen molar-refractivity contribution < 1.29 is 41.3 Å². The predicted octanol–water partition coefficient (Wildman–Crippen LogP) is -0.552. The first-order valence-electron chi connectivity index (χ1n) is 8.83. The lowest BCUT2D eigenvalue weighted by Gasteiger charge is -2.31. The molecule has 0 fully saturated rings. The van der Waals surface area contributed by atoms with E-state index in [0.717, 1.165) is 6.92 Å². The number of hydrogen-bond acceptors (Lipinski definition) is 9. The number of carbonyl (C=O) groups is 4. The second-order valence-corrected chi connectivity index (χ2v) is 8.99. The second kappa shape index (κ2) is 11.7. The molecule has 1 atom stereocenters. The van der Waals surface area contributed by atoms with Crippen LogP contribution in [0.1, 0.15) is 34.1 Å². The van der Waals surface area contributed by atoms with Gasteiger partial charge in [-0.05, 0) is 6.42 Å². The van der Waals surface area contributed by atoms with Gasteiger partial charge in [-0.1, -0.05) is 13.8 Å². The van der Waals surface area contributed by atoms with Crippen LogP contribution in [0.15, 0.2) is 0 Å². The maximum atomic E-state index is 12.3. The maximum absolute atomic E-state index is 12.3. The first-order valence-corrected chi connectivity index (χ1v) is 10.4. The van der Waals surface area contributed by atoms with E-state index in [0.29, 0.717) is 0 Å². The maximum Gasteiger partial charge on any atom is 0.348 e. The summed E-state index contributed by atoms with van der Waals surface area (Å²) in [7, 11) is -0.981. The van der Waals surface area contributed by atoms with Crippen molar-refractivity contribution in [3.05, 3.63) is 0 Å².